The number of ether oxygens (including phenoxy) is 1. The summed E-state index contributed by atoms with van der Waals surface area (Å²) in [5.74, 6) is 0.642. The van der Waals surface area contributed by atoms with Crippen molar-refractivity contribution in [2.45, 2.75) is 41.0 Å². The molecule has 0 aliphatic rings. The number of hydrogen-bond donors (Lipinski definition) is 1. The number of anilines is 1. The molecule has 1 heterocycles. The van der Waals surface area contributed by atoms with E-state index in [9.17, 15) is 16.8 Å². The van der Waals surface area contributed by atoms with E-state index in [2.05, 4.69) is 10.3 Å². The van der Waals surface area contributed by atoms with Gasteiger partial charge in [-0.2, -0.15) is 0 Å². The lowest BCUT2D eigenvalue weighted by Gasteiger charge is -2.10. The Morgan fingerprint density at radius 3 is 2.38 bits per heavy atom. The zero-order chi connectivity index (χ0) is 23.4. The zero-order valence-corrected chi connectivity index (χ0v) is 20.6. The minimum absolute atomic E-state index is 0.0700. The Morgan fingerprint density at radius 2 is 1.72 bits per heavy atom. The number of benzene rings is 2. The minimum Gasteiger partial charge on any atom is -0.496 e. The van der Waals surface area contributed by atoms with E-state index in [1.807, 2.05) is 31.2 Å². The van der Waals surface area contributed by atoms with E-state index in [1.165, 1.54) is 12.1 Å². The Labute approximate surface area is 193 Å². The maximum atomic E-state index is 13.3. The Hall–Kier alpha value is -2.43. The van der Waals surface area contributed by atoms with Crippen LogP contribution in [0.25, 0.3) is 0 Å². The van der Waals surface area contributed by atoms with Crippen LogP contribution in [0.4, 0.5) is 5.00 Å². The Bertz CT molecular complexity index is 1280. The van der Waals surface area contributed by atoms with E-state index in [0.29, 0.717) is 19.4 Å². The van der Waals surface area contributed by atoms with Gasteiger partial charge in [0.05, 0.1) is 17.8 Å². The molecule has 7 nitrogen and oxygen atoms in total. The number of hydrogen-bond acceptors (Lipinski definition) is 8. The maximum absolute atomic E-state index is 13.3. The maximum Gasteiger partial charge on any atom is 0.226 e. The second-order valence-electron chi connectivity index (χ2n) is 7.24. The molecule has 0 amide bonds. The summed E-state index contributed by atoms with van der Waals surface area (Å²) < 4.78 is 56.9. The Kier molecular flexibility index (Phi) is 7.58. The van der Waals surface area contributed by atoms with Gasteiger partial charge in [-0.1, -0.05) is 54.2 Å². The highest BCUT2D eigenvalue weighted by atomic mass is 32.2. The molecular formula is C22H26N2O5S3. The lowest BCUT2D eigenvalue weighted by Crippen LogP contribution is -2.10. The molecule has 0 saturated carbocycles. The van der Waals surface area contributed by atoms with Crippen molar-refractivity contribution in [2.75, 3.05) is 24.7 Å². The van der Waals surface area contributed by atoms with Gasteiger partial charge >= 0.3 is 0 Å². The topological polar surface area (TPSA) is 102 Å². The standard InChI is InChI=1S/C22H26N2O5S3/c1-4-15-31(25,26)22-24-21(32(27,28)18-11-9-16(2)10-12-18)20(30-22)23-14-13-17-7-5-6-8-19(17)29-3/h5-12,23H,4,13-15H2,1-3H3. The number of aromatic nitrogens is 1. The highest BCUT2D eigenvalue weighted by Crippen LogP contribution is 2.35. The van der Waals surface area contributed by atoms with Crippen molar-refractivity contribution in [1.29, 1.82) is 0 Å². The van der Waals surface area contributed by atoms with Crippen LogP contribution >= 0.6 is 11.3 Å². The molecule has 10 heteroatoms. The first kappa shape index (κ1) is 24.2. The van der Waals surface area contributed by atoms with Crippen molar-refractivity contribution in [1.82, 2.24) is 4.98 Å². The first-order valence-corrected chi connectivity index (χ1v) is 14.1. The largest absolute Gasteiger partial charge is 0.496 e. The summed E-state index contributed by atoms with van der Waals surface area (Å²) in [4.78, 5) is 4.16. The van der Waals surface area contributed by atoms with Gasteiger partial charge in [-0.15, -0.1) is 0 Å². The molecule has 0 aliphatic heterocycles. The van der Waals surface area contributed by atoms with Crippen molar-refractivity contribution in [3.8, 4) is 5.75 Å². The average molecular weight is 495 g/mol. The molecule has 2 aromatic carbocycles. The second kappa shape index (κ2) is 10.0. The third-order valence-electron chi connectivity index (χ3n) is 4.77. The van der Waals surface area contributed by atoms with Gasteiger partial charge in [-0.25, -0.2) is 21.8 Å². The first-order valence-electron chi connectivity index (χ1n) is 10.1. The third-order valence-corrected chi connectivity index (χ3v) is 9.99. The molecule has 0 unspecified atom stereocenters. The van der Waals surface area contributed by atoms with Gasteiger partial charge in [0.2, 0.25) is 24.0 Å². The van der Waals surface area contributed by atoms with Gasteiger partial charge in [0.1, 0.15) is 10.8 Å². The van der Waals surface area contributed by atoms with Gasteiger partial charge in [-0.05, 0) is 43.5 Å². The molecule has 0 radical (unpaired) electrons. The SMILES string of the molecule is CCCS(=O)(=O)c1nc(S(=O)(=O)c2ccc(C)cc2)c(NCCc2ccccc2OC)s1. The summed E-state index contributed by atoms with van der Waals surface area (Å²) in [7, 11) is -6.08. The van der Waals surface area contributed by atoms with Crippen LogP contribution in [0.1, 0.15) is 24.5 Å². The molecule has 32 heavy (non-hydrogen) atoms. The number of sulfone groups is 2. The number of rotatable bonds is 10. The van der Waals surface area contributed by atoms with Crippen molar-refractivity contribution < 1.29 is 21.6 Å². The number of nitrogens with one attached hydrogen (secondary N) is 1. The molecule has 0 spiro atoms. The van der Waals surface area contributed by atoms with Crippen LogP contribution in [0, 0.1) is 6.92 Å². The van der Waals surface area contributed by atoms with Crippen LogP contribution in [-0.2, 0) is 26.1 Å². The highest BCUT2D eigenvalue weighted by Gasteiger charge is 2.30. The van der Waals surface area contributed by atoms with Crippen LogP contribution in [0.3, 0.4) is 0 Å². The molecule has 1 N–H and O–H groups in total. The van der Waals surface area contributed by atoms with E-state index in [4.69, 9.17) is 4.74 Å². The molecule has 3 aromatic rings. The normalized spacial score (nSPS) is 12.0. The number of methoxy groups -OCH3 is 1. The minimum atomic E-state index is -4.00. The molecule has 0 saturated heterocycles. The van der Waals surface area contributed by atoms with Crippen molar-refractivity contribution in [3.63, 3.8) is 0 Å². The van der Waals surface area contributed by atoms with Crippen LogP contribution in [0.2, 0.25) is 0 Å². The summed E-state index contributed by atoms with van der Waals surface area (Å²) in [6.07, 6.45) is 0.974. The van der Waals surface area contributed by atoms with E-state index in [-0.39, 0.29) is 25.0 Å². The predicted molar refractivity (Wildman–Crippen MR) is 126 cm³/mol. The molecule has 3 rings (SSSR count). The molecule has 1 aromatic heterocycles. The lowest BCUT2D eigenvalue weighted by molar-refractivity contribution is 0.410. The summed E-state index contributed by atoms with van der Waals surface area (Å²) >= 11 is 0.856. The van der Waals surface area contributed by atoms with Gasteiger partial charge in [0.25, 0.3) is 0 Å². The van der Waals surface area contributed by atoms with Gasteiger partial charge in [-0.3, -0.25) is 0 Å². The summed E-state index contributed by atoms with van der Waals surface area (Å²) in [5, 5.41) is 3.05. The lowest BCUT2D eigenvalue weighted by atomic mass is 10.1. The quantitative estimate of drug-likeness (QED) is 0.452. The van der Waals surface area contributed by atoms with Crippen molar-refractivity contribution in [3.05, 3.63) is 59.7 Å². The fourth-order valence-electron chi connectivity index (χ4n) is 3.12. The third kappa shape index (κ3) is 5.31. The monoisotopic (exact) mass is 494 g/mol. The van der Waals surface area contributed by atoms with E-state index in [0.717, 1.165) is 28.2 Å². The fraction of sp³-hybridized carbons (Fsp3) is 0.318. The van der Waals surface area contributed by atoms with Gasteiger partial charge in [0, 0.05) is 6.54 Å². The molecular weight excluding hydrogens is 468 g/mol. The summed E-state index contributed by atoms with van der Waals surface area (Å²) in [5.41, 5.74) is 1.87. The zero-order valence-electron chi connectivity index (χ0n) is 18.2. The smallest absolute Gasteiger partial charge is 0.226 e. The van der Waals surface area contributed by atoms with E-state index in [1.54, 1.807) is 26.2 Å². The molecule has 172 valence electrons. The van der Waals surface area contributed by atoms with Crippen LogP contribution in [0.15, 0.2) is 62.8 Å². The number of nitrogens with zero attached hydrogens (tertiary/aromatic N) is 1. The number of thiazole rings is 1. The van der Waals surface area contributed by atoms with Crippen LogP contribution in [-0.4, -0.2) is 41.2 Å². The van der Waals surface area contributed by atoms with Gasteiger partial charge < -0.3 is 10.1 Å². The van der Waals surface area contributed by atoms with Crippen molar-refractivity contribution in [2.24, 2.45) is 0 Å². The van der Waals surface area contributed by atoms with Crippen LogP contribution in [0.5, 0.6) is 5.75 Å². The highest BCUT2D eigenvalue weighted by molar-refractivity contribution is 7.94. The number of aryl methyl sites for hydroxylation is 1. The van der Waals surface area contributed by atoms with Crippen molar-refractivity contribution >= 4 is 36.0 Å². The second-order valence-corrected chi connectivity index (χ2v) is 12.4. The average Bonchev–Trinajstić information content (AvgIpc) is 3.20. The first-order chi connectivity index (χ1) is 15.2. The van der Waals surface area contributed by atoms with E-state index < -0.39 is 19.7 Å². The Balaban J connectivity index is 1.96. The van der Waals surface area contributed by atoms with Crippen LogP contribution < -0.4 is 10.1 Å². The number of para-hydroxylation sites is 1. The molecule has 0 aliphatic carbocycles. The van der Waals surface area contributed by atoms with Gasteiger partial charge in [0.15, 0.2) is 5.03 Å². The van der Waals surface area contributed by atoms with E-state index >= 15 is 0 Å². The summed E-state index contributed by atoms with van der Waals surface area (Å²) in [6, 6.07) is 13.9. The summed E-state index contributed by atoms with van der Waals surface area (Å²) in [6.45, 7) is 3.99. The molecule has 0 atom stereocenters. The predicted octanol–water partition coefficient (Wildman–Crippen LogP) is 4.13. The Morgan fingerprint density at radius 1 is 1.03 bits per heavy atom. The fourth-order valence-corrected chi connectivity index (χ4v) is 7.50. The molecule has 0 bridgehead atoms. The molecule has 0 fully saturated rings.